The van der Waals surface area contributed by atoms with Gasteiger partial charge < -0.3 is 14.3 Å². The number of rotatable bonds is 7. The first-order valence-electron chi connectivity index (χ1n) is 5.43. The van der Waals surface area contributed by atoms with Gasteiger partial charge in [-0.15, -0.1) is 0 Å². The van der Waals surface area contributed by atoms with Crippen molar-refractivity contribution in [1.82, 2.24) is 0 Å². The average Bonchev–Trinajstić information content (AvgIpc) is 2.67. The quantitative estimate of drug-likeness (QED) is 0.644. The van der Waals surface area contributed by atoms with Crippen LogP contribution >= 0.6 is 0 Å². The summed E-state index contributed by atoms with van der Waals surface area (Å²) in [6.07, 6.45) is 2.70. The zero-order valence-corrected chi connectivity index (χ0v) is 9.16. The Morgan fingerprint density at radius 2 is 1.80 bits per heavy atom. The number of carbonyl (C=O) groups excluding carboxylic acids is 2. The van der Waals surface area contributed by atoms with Gasteiger partial charge in [-0.2, -0.15) is 0 Å². The molecule has 1 aliphatic rings. The minimum absolute atomic E-state index is 0.0748. The molecule has 1 aliphatic heterocycles. The van der Waals surface area contributed by atoms with Crippen LogP contribution in [0.1, 0.15) is 39.0 Å². The van der Waals surface area contributed by atoms with Crippen molar-refractivity contribution in [3.05, 3.63) is 0 Å². The summed E-state index contributed by atoms with van der Waals surface area (Å²) in [4.78, 5) is 21.9. The van der Waals surface area contributed by atoms with Crippen LogP contribution in [-0.2, 0) is 19.1 Å². The minimum atomic E-state index is -0.120. The Bertz CT molecular complexity index is 219. The zero-order valence-electron chi connectivity index (χ0n) is 9.16. The van der Waals surface area contributed by atoms with E-state index in [1.165, 1.54) is 6.92 Å². The van der Waals surface area contributed by atoms with Crippen molar-refractivity contribution in [2.45, 2.75) is 45.3 Å². The molecule has 0 aliphatic carbocycles. The average molecular weight is 214 g/mol. The summed E-state index contributed by atoms with van der Waals surface area (Å²) >= 11 is 0. The highest BCUT2D eigenvalue weighted by Gasteiger charge is 2.15. The third-order valence-electron chi connectivity index (χ3n) is 2.34. The first-order chi connectivity index (χ1) is 7.18. The monoisotopic (exact) mass is 214 g/mol. The van der Waals surface area contributed by atoms with Gasteiger partial charge in [-0.25, -0.2) is 0 Å². The predicted molar refractivity (Wildman–Crippen MR) is 54.5 cm³/mol. The van der Waals surface area contributed by atoms with Crippen LogP contribution in [0.4, 0.5) is 0 Å². The summed E-state index contributed by atoms with van der Waals surface area (Å²) < 4.78 is 10.5. The van der Waals surface area contributed by atoms with Crippen LogP contribution in [0.5, 0.6) is 0 Å². The number of Topliss-reactive ketones (excluding diaryl/α,β-unsaturated/α-hetero) is 2. The van der Waals surface area contributed by atoms with Gasteiger partial charge in [-0.3, -0.25) is 4.79 Å². The van der Waals surface area contributed by atoms with Gasteiger partial charge in [-0.05, 0) is 19.8 Å². The lowest BCUT2D eigenvalue weighted by Crippen LogP contribution is -2.08. The fourth-order valence-corrected chi connectivity index (χ4v) is 1.48. The van der Waals surface area contributed by atoms with Crippen LogP contribution in [0.2, 0.25) is 0 Å². The van der Waals surface area contributed by atoms with Gasteiger partial charge in [0.15, 0.2) is 6.29 Å². The summed E-state index contributed by atoms with van der Waals surface area (Å²) in [6.45, 7) is 2.82. The number of ether oxygens (including phenoxy) is 2. The molecule has 0 amide bonds. The maximum atomic E-state index is 11.3. The second-order valence-corrected chi connectivity index (χ2v) is 3.80. The van der Waals surface area contributed by atoms with Crippen LogP contribution < -0.4 is 0 Å². The maximum Gasteiger partial charge on any atom is 0.157 e. The van der Waals surface area contributed by atoms with E-state index >= 15 is 0 Å². The van der Waals surface area contributed by atoms with E-state index in [0.717, 1.165) is 12.8 Å². The zero-order chi connectivity index (χ0) is 11.1. The number of carbonyl (C=O) groups is 2. The maximum absolute atomic E-state index is 11.3. The molecule has 0 bridgehead atoms. The summed E-state index contributed by atoms with van der Waals surface area (Å²) in [7, 11) is 0. The normalized spacial score (nSPS) is 16.9. The van der Waals surface area contributed by atoms with Crippen molar-refractivity contribution in [3.8, 4) is 0 Å². The molecule has 0 aromatic rings. The van der Waals surface area contributed by atoms with E-state index in [0.29, 0.717) is 32.5 Å². The Morgan fingerprint density at radius 1 is 1.13 bits per heavy atom. The fraction of sp³-hybridized carbons (Fsp3) is 0.818. The minimum Gasteiger partial charge on any atom is -0.350 e. The lowest BCUT2D eigenvalue weighted by Gasteiger charge is -2.07. The van der Waals surface area contributed by atoms with E-state index in [2.05, 4.69) is 0 Å². The molecule has 1 heterocycles. The number of ketones is 2. The van der Waals surface area contributed by atoms with E-state index in [-0.39, 0.29) is 17.9 Å². The van der Waals surface area contributed by atoms with Gasteiger partial charge in [0, 0.05) is 19.3 Å². The molecular weight excluding hydrogens is 196 g/mol. The summed E-state index contributed by atoms with van der Waals surface area (Å²) in [6, 6.07) is 0. The van der Waals surface area contributed by atoms with E-state index in [1.807, 2.05) is 0 Å². The molecule has 1 saturated heterocycles. The van der Waals surface area contributed by atoms with E-state index in [1.54, 1.807) is 0 Å². The van der Waals surface area contributed by atoms with Gasteiger partial charge in [0.1, 0.15) is 11.6 Å². The van der Waals surface area contributed by atoms with Crippen LogP contribution in [-0.4, -0.2) is 31.1 Å². The predicted octanol–water partition coefficient (Wildman–Crippen LogP) is 1.47. The van der Waals surface area contributed by atoms with Gasteiger partial charge >= 0.3 is 0 Å². The van der Waals surface area contributed by atoms with Gasteiger partial charge in [-0.1, -0.05) is 0 Å². The first kappa shape index (κ1) is 12.3. The summed E-state index contributed by atoms with van der Waals surface area (Å²) in [5, 5.41) is 0. The molecule has 0 radical (unpaired) electrons. The van der Waals surface area contributed by atoms with E-state index < -0.39 is 0 Å². The third kappa shape index (κ3) is 5.64. The third-order valence-corrected chi connectivity index (χ3v) is 2.34. The molecule has 4 heteroatoms. The molecule has 1 rings (SSSR count). The van der Waals surface area contributed by atoms with Crippen molar-refractivity contribution in [1.29, 1.82) is 0 Å². The molecule has 1 fully saturated rings. The molecule has 0 aromatic heterocycles. The van der Waals surface area contributed by atoms with Crippen LogP contribution in [0.3, 0.4) is 0 Å². The van der Waals surface area contributed by atoms with Crippen molar-refractivity contribution in [2.75, 3.05) is 13.2 Å². The Kier molecular flexibility index (Phi) is 5.50. The molecule has 0 saturated carbocycles. The number of hydrogen-bond acceptors (Lipinski definition) is 4. The van der Waals surface area contributed by atoms with Crippen molar-refractivity contribution in [2.24, 2.45) is 0 Å². The van der Waals surface area contributed by atoms with Gasteiger partial charge in [0.2, 0.25) is 0 Å². The molecule has 86 valence electrons. The standard InChI is InChI=1S/C11H18O4/c1-9(12)5-6-10(13)3-2-4-11-14-7-8-15-11/h11H,2-8H2,1H3. The van der Waals surface area contributed by atoms with Crippen LogP contribution in [0.25, 0.3) is 0 Å². The lowest BCUT2D eigenvalue weighted by atomic mass is 10.1. The Morgan fingerprint density at radius 3 is 2.40 bits per heavy atom. The molecule has 0 atom stereocenters. The SMILES string of the molecule is CC(=O)CCC(=O)CCCC1OCCO1. The topological polar surface area (TPSA) is 52.6 Å². The molecule has 4 nitrogen and oxygen atoms in total. The molecular formula is C11H18O4. The highest BCUT2D eigenvalue weighted by Crippen LogP contribution is 2.12. The molecule has 0 unspecified atom stereocenters. The highest BCUT2D eigenvalue weighted by atomic mass is 16.7. The van der Waals surface area contributed by atoms with Gasteiger partial charge in [0.25, 0.3) is 0 Å². The van der Waals surface area contributed by atoms with Crippen molar-refractivity contribution < 1.29 is 19.1 Å². The molecule has 15 heavy (non-hydrogen) atoms. The van der Waals surface area contributed by atoms with E-state index in [4.69, 9.17) is 9.47 Å². The second kappa shape index (κ2) is 6.69. The first-order valence-corrected chi connectivity index (χ1v) is 5.43. The molecule has 0 spiro atoms. The van der Waals surface area contributed by atoms with Crippen LogP contribution in [0, 0.1) is 0 Å². The Balaban J connectivity index is 1.98. The Hall–Kier alpha value is -0.740. The van der Waals surface area contributed by atoms with E-state index in [9.17, 15) is 9.59 Å². The summed E-state index contributed by atoms with van der Waals surface area (Å²) in [5.41, 5.74) is 0. The molecule has 0 aromatic carbocycles. The van der Waals surface area contributed by atoms with Crippen molar-refractivity contribution in [3.63, 3.8) is 0 Å². The highest BCUT2D eigenvalue weighted by molar-refractivity contribution is 5.84. The lowest BCUT2D eigenvalue weighted by molar-refractivity contribution is -0.123. The molecule has 0 N–H and O–H groups in total. The summed E-state index contributed by atoms with van der Waals surface area (Å²) in [5.74, 6) is 0.231. The second-order valence-electron chi connectivity index (χ2n) is 3.80. The number of hydrogen-bond donors (Lipinski definition) is 0. The van der Waals surface area contributed by atoms with Crippen LogP contribution in [0.15, 0.2) is 0 Å². The largest absolute Gasteiger partial charge is 0.350 e. The van der Waals surface area contributed by atoms with Crippen molar-refractivity contribution >= 4 is 11.6 Å². The van der Waals surface area contributed by atoms with Gasteiger partial charge in [0.05, 0.1) is 13.2 Å². The fourth-order valence-electron chi connectivity index (χ4n) is 1.48. The smallest absolute Gasteiger partial charge is 0.157 e. The Labute approximate surface area is 89.9 Å².